The molecule has 0 saturated heterocycles. The monoisotopic (exact) mass is 484 g/mol. The smallest absolute Gasteiger partial charge is 0 e. The maximum Gasteiger partial charge on any atom is 0 e. The first-order chi connectivity index (χ1) is 6.90. The molecule has 0 aromatic rings. The molecule has 0 spiro atoms. The Labute approximate surface area is 198 Å². The molecule has 0 bridgehead atoms. The molecule has 0 N–H and O–H groups in total. The average Bonchev–Trinajstić information content (AvgIpc) is 2.14. The number of unbranched alkanes of at least 4 members (excludes halogenated alkanes) is 1. The van der Waals surface area contributed by atoms with Crippen LogP contribution < -0.4 is 0 Å². The topological polar surface area (TPSA) is 0 Å². The van der Waals surface area contributed by atoms with Crippen LogP contribution in [0.15, 0.2) is 0 Å². The first kappa shape index (κ1) is 29.3. The number of hydrogen-bond donors (Lipinski definition) is 0. The van der Waals surface area contributed by atoms with Crippen LogP contribution in [0.1, 0.15) is 72.9 Å². The van der Waals surface area contributed by atoms with Crippen LogP contribution in [0.4, 0.5) is 0 Å². The van der Waals surface area contributed by atoms with Gasteiger partial charge in [-0.25, -0.2) is 0 Å². The second-order valence-corrected chi connectivity index (χ2v) is 5.70. The van der Waals surface area contributed by atoms with Crippen molar-refractivity contribution in [3.63, 3.8) is 0 Å². The van der Waals surface area contributed by atoms with Gasteiger partial charge in [0.05, 0.1) is 0 Å². The first-order valence-corrected chi connectivity index (χ1v) is 6.34. The van der Waals surface area contributed by atoms with Gasteiger partial charge < -0.3 is 31.6 Å². The zero-order valence-corrected chi connectivity index (χ0v) is 21.8. The molecule has 0 aromatic heterocycles. The third-order valence-corrected chi connectivity index (χ3v) is 3.51. The third kappa shape index (κ3) is 15.7. The molecular formula is C15H37Y3-3. The van der Waals surface area contributed by atoms with Crippen molar-refractivity contribution < 1.29 is 104 Å². The van der Waals surface area contributed by atoms with Gasteiger partial charge in [-0.15, -0.1) is 0 Å². The molecule has 0 saturated carbocycles. The molecule has 0 aliphatic heterocycles. The Kier molecular flexibility index (Phi) is 27.2. The summed E-state index contributed by atoms with van der Waals surface area (Å²) in [6, 6.07) is 0. The molecule has 0 unspecified atom stereocenters. The summed E-state index contributed by atoms with van der Waals surface area (Å²) in [5.41, 5.74) is 0.453. The summed E-state index contributed by atoms with van der Waals surface area (Å²) in [5, 5.41) is 0. The molecule has 0 aliphatic carbocycles. The maximum absolute atomic E-state index is 2.46. The van der Waals surface area contributed by atoms with Crippen LogP contribution >= 0.6 is 0 Å². The molecule has 0 aliphatic rings. The van der Waals surface area contributed by atoms with Gasteiger partial charge in [0.15, 0.2) is 0 Å². The Morgan fingerprint density at radius 1 is 1.06 bits per heavy atom. The molecule has 109 valence electrons. The van der Waals surface area contributed by atoms with Crippen molar-refractivity contribution >= 4 is 0 Å². The quantitative estimate of drug-likeness (QED) is 0.359. The van der Waals surface area contributed by atoms with Gasteiger partial charge in [0, 0.05) is 104 Å². The summed E-state index contributed by atoms with van der Waals surface area (Å²) >= 11 is 0. The van der Waals surface area contributed by atoms with E-state index in [9.17, 15) is 0 Å². The molecule has 0 rings (SSSR count). The van der Waals surface area contributed by atoms with Crippen molar-refractivity contribution in [2.45, 2.75) is 67.2 Å². The van der Waals surface area contributed by atoms with Crippen LogP contribution in [0, 0.1) is 30.1 Å². The van der Waals surface area contributed by atoms with E-state index in [0.29, 0.717) is 5.41 Å². The van der Waals surface area contributed by atoms with E-state index in [1.54, 1.807) is 5.92 Å². The third-order valence-electron chi connectivity index (χ3n) is 3.51. The Morgan fingerprint density at radius 3 is 1.89 bits per heavy atom. The first-order valence-electron chi connectivity index (χ1n) is 6.34. The van der Waals surface area contributed by atoms with Gasteiger partial charge in [-0.1, -0.05) is 40.0 Å². The van der Waals surface area contributed by atoms with Gasteiger partial charge in [-0.2, -0.15) is 19.8 Å². The minimum absolute atomic E-state index is 0. The minimum Gasteiger partial charge on any atom is -0.374 e. The fraction of sp³-hybridized carbons (Fsp3) is 0.800. The summed E-state index contributed by atoms with van der Waals surface area (Å²) < 4.78 is 0. The molecule has 3 radical (unpaired) electrons. The molecule has 0 amide bonds. The van der Waals surface area contributed by atoms with E-state index in [1.807, 2.05) is 0 Å². The van der Waals surface area contributed by atoms with E-state index in [4.69, 9.17) is 0 Å². The van der Waals surface area contributed by atoms with Crippen molar-refractivity contribution in [1.29, 1.82) is 0 Å². The molecule has 0 fully saturated rings. The van der Waals surface area contributed by atoms with Crippen molar-refractivity contribution in [3.05, 3.63) is 18.8 Å². The summed E-state index contributed by atoms with van der Waals surface area (Å²) in [6.07, 6.45) is 9.61. The molecular weight excluding hydrogens is 447 g/mol. The van der Waals surface area contributed by atoms with Crippen molar-refractivity contribution in [2.75, 3.05) is 0 Å². The van der Waals surface area contributed by atoms with Gasteiger partial charge in [0.1, 0.15) is 0 Å². The van der Waals surface area contributed by atoms with Crippen LogP contribution in [-0.4, -0.2) is 0 Å². The second kappa shape index (κ2) is 16.7. The zero-order valence-electron chi connectivity index (χ0n) is 13.3. The van der Waals surface area contributed by atoms with Crippen molar-refractivity contribution in [2.24, 2.45) is 11.3 Å². The van der Waals surface area contributed by atoms with Crippen LogP contribution in [0.5, 0.6) is 0 Å². The molecule has 18 heavy (non-hydrogen) atoms. The number of hydrogen-bond acceptors (Lipinski definition) is 0. The molecule has 3 heteroatoms. The van der Waals surface area contributed by atoms with Crippen LogP contribution in [0.3, 0.4) is 0 Å². The summed E-state index contributed by atoms with van der Waals surface area (Å²) in [6.45, 7) is 13.8. The van der Waals surface area contributed by atoms with E-state index in [2.05, 4.69) is 54.4 Å². The summed E-state index contributed by atoms with van der Waals surface area (Å²) in [4.78, 5) is 0. The zero-order chi connectivity index (χ0) is 11.9. The van der Waals surface area contributed by atoms with E-state index in [-0.39, 0.29) is 104 Å². The Bertz CT molecular complexity index is 171. The van der Waals surface area contributed by atoms with Gasteiger partial charge in [0.2, 0.25) is 0 Å². The van der Waals surface area contributed by atoms with Crippen LogP contribution in [0.2, 0.25) is 0 Å². The normalized spacial score (nSPS) is 10.7. The maximum atomic E-state index is 2.46. The van der Waals surface area contributed by atoms with E-state index in [0.717, 1.165) is 5.92 Å². The largest absolute Gasteiger partial charge is 0.374 e. The van der Waals surface area contributed by atoms with E-state index < -0.39 is 0 Å². The van der Waals surface area contributed by atoms with E-state index in [1.165, 1.54) is 25.7 Å². The van der Waals surface area contributed by atoms with Crippen molar-refractivity contribution in [3.8, 4) is 0 Å². The Balaban J connectivity index is -0.0000000467. The van der Waals surface area contributed by atoms with Crippen LogP contribution in [0.25, 0.3) is 0 Å². The average molecular weight is 484 g/mol. The van der Waals surface area contributed by atoms with Gasteiger partial charge in [-0.3, -0.25) is 0 Å². The second-order valence-electron chi connectivity index (χ2n) is 5.70. The van der Waals surface area contributed by atoms with Gasteiger partial charge >= 0.3 is 0 Å². The van der Waals surface area contributed by atoms with Crippen molar-refractivity contribution in [1.82, 2.24) is 0 Å². The molecule has 0 atom stereocenters. The predicted octanol–water partition coefficient (Wildman–Crippen LogP) is 6.23. The van der Waals surface area contributed by atoms with Gasteiger partial charge in [-0.05, 0) is 5.92 Å². The Hall–Kier alpha value is 3.31. The fourth-order valence-electron chi connectivity index (χ4n) is 1.40. The Morgan fingerprint density at radius 2 is 1.50 bits per heavy atom. The van der Waals surface area contributed by atoms with Crippen LogP contribution in [-0.2, 0) is 98.1 Å². The fourth-order valence-corrected chi connectivity index (χ4v) is 1.40. The molecule has 0 nitrogen and oxygen atoms in total. The minimum atomic E-state index is 0. The summed E-state index contributed by atoms with van der Waals surface area (Å²) in [7, 11) is 0. The van der Waals surface area contributed by atoms with Gasteiger partial charge in [0.25, 0.3) is 0 Å². The molecule has 0 heterocycles. The standard InChI is InChI=1S/C15H29.3Y.4H2/c1-7-8-10-14(4)11-9-12-15(5,6)13(2)3;;;;;;;/h8-9,13H,7,10-12H2,1-6H3;;;;4*1H/q-3;;;;;;;. The SMILES string of the molecule is CC[CH-]C[C-](C)C[CH-]CC(C)(C)C(C)C.[HH].[HH].[HH].[HH].[Y].[Y].[Y]. The van der Waals surface area contributed by atoms with E-state index >= 15 is 0 Å². The molecule has 0 aromatic carbocycles. The summed E-state index contributed by atoms with van der Waals surface area (Å²) in [5.74, 6) is 2.35. The predicted molar refractivity (Wildman–Crippen MR) is 78.7 cm³/mol. The number of rotatable bonds is 8.